The summed E-state index contributed by atoms with van der Waals surface area (Å²) >= 11 is 1.95. The monoisotopic (exact) mass is 357 g/mol. The maximum Gasteiger partial charge on any atom is 0.191 e. The third-order valence-electron chi connectivity index (χ3n) is 5.16. The van der Waals surface area contributed by atoms with Crippen LogP contribution in [0.4, 0.5) is 0 Å². The standard InChI is InChI=1S/C18H35N3O2S/c1-19-17(21-15-18(24-2)9-13-22-14-10-18)20-11-6-12-23-16-7-4-3-5-8-16/h16H,3-15H2,1-2H3,(H2,19,20,21). The third kappa shape index (κ3) is 6.81. The van der Waals surface area contributed by atoms with Gasteiger partial charge < -0.3 is 20.1 Å². The lowest BCUT2D eigenvalue weighted by Gasteiger charge is -2.36. The van der Waals surface area contributed by atoms with Gasteiger partial charge in [-0.25, -0.2) is 0 Å². The molecule has 2 fully saturated rings. The quantitative estimate of drug-likeness (QED) is 0.397. The molecule has 1 saturated heterocycles. The van der Waals surface area contributed by atoms with Crippen molar-refractivity contribution < 1.29 is 9.47 Å². The molecule has 1 aliphatic carbocycles. The molecule has 0 bridgehead atoms. The van der Waals surface area contributed by atoms with Crippen LogP contribution in [-0.4, -0.2) is 63.0 Å². The normalized spacial score (nSPS) is 22.3. The van der Waals surface area contributed by atoms with Gasteiger partial charge in [-0.3, -0.25) is 4.99 Å². The summed E-state index contributed by atoms with van der Waals surface area (Å²) in [6.45, 7) is 4.43. The SMILES string of the molecule is CN=C(NCCCOC1CCCCC1)NCC1(SC)CCOCC1. The summed E-state index contributed by atoms with van der Waals surface area (Å²) < 4.78 is 11.7. The molecule has 0 aromatic rings. The van der Waals surface area contributed by atoms with Crippen LogP contribution in [0.3, 0.4) is 0 Å². The zero-order valence-electron chi connectivity index (χ0n) is 15.4. The van der Waals surface area contributed by atoms with E-state index < -0.39 is 0 Å². The number of rotatable bonds is 8. The fourth-order valence-electron chi connectivity index (χ4n) is 3.42. The van der Waals surface area contributed by atoms with Gasteiger partial charge in [-0.2, -0.15) is 11.8 Å². The Morgan fingerprint density at radius 3 is 2.62 bits per heavy atom. The summed E-state index contributed by atoms with van der Waals surface area (Å²) in [5, 5.41) is 6.90. The molecule has 0 aromatic heterocycles. The van der Waals surface area contributed by atoms with Crippen molar-refractivity contribution in [1.29, 1.82) is 0 Å². The highest BCUT2D eigenvalue weighted by atomic mass is 32.2. The molecular weight excluding hydrogens is 322 g/mol. The summed E-state index contributed by atoms with van der Waals surface area (Å²) in [6.07, 6.45) is 12.5. The van der Waals surface area contributed by atoms with E-state index in [1.165, 1.54) is 32.1 Å². The molecule has 1 heterocycles. The second-order valence-corrected chi connectivity index (χ2v) is 8.11. The lowest BCUT2D eigenvalue weighted by Crippen LogP contribution is -2.48. The number of ether oxygens (including phenoxy) is 2. The van der Waals surface area contributed by atoms with Crippen molar-refractivity contribution in [1.82, 2.24) is 10.6 Å². The second-order valence-electron chi connectivity index (χ2n) is 6.84. The predicted octanol–water partition coefficient (Wildman–Crippen LogP) is 2.80. The van der Waals surface area contributed by atoms with Crippen molar-refractivity contribution in [2.45, 2.75) is 62.2 Å². The zero-order valence-corrected chi connectivity index (χ0v) is 16.3. The van der Waals surface area contributed by atoms with Crippen LogP contribution in [0.1, 0.15) is 51.4 Å². The minimum absolute atomic E-state index is 0.278. The van der Waals surface area contributed by atoms with Crippen molar-refractivity contribution in [3.05, 3.63) is 0 Å². The van der Waals surface area contributed by atoms with Crippen LogP contribution in [0.15, 0.2) is 4.99 Å². The minimum atomic E-state index is 0.278. The van der Waals surface area contributed by atoms with Gasteiger partial charge in [0.25, 0.3) is 0 Å². The topological polar surface area (TPSA) is 54.9 Å². The van der Waals surface area contributed by atoms with Crippen molar-refractivity contribution in [2.24, 2.45) is 4.99 Å². The van der Waals surface area contributed by atoms with E-state index in [-0.39, 0.29) is 4.75 Å². The van der Waals surface area contributed by atoms with Crippen molar-refractivity contribution in [2.75, 3.05) is 46.2 Å². The van der Waals surface area contributed by atoms with Gasteiger partial charge in [-0.05, 0) is 38.4 Å². The van der Waals surface area contributed by atoms with Crippen molar-refractivity contribution >= 4 is 17.7 Å². The zero-order chi connectivity index (χ0) is 17.1. The Bertz CT molecular complexity index is 367. The molecule has 2 aliphatic rings. The number of aliphatic imine (C=N–C) groups is 1. The molecule has 2 N–H and O–H groups in total. The Morgan fingerprint density at radius 1 is 1.21 bits per heavy atom. The molecule has 6 heteroatoms. The Morgan fingerprint density at radius 2 is 1.96 bits per heavy atom. The van der Waals surface area contributed by atoms with Gasteiger partial charge in [0.05, 0.1) is 6.10 Å². The largest absolute Gasteiger partial charge is 0.381 e. The number of nitrogens with one attached hydrogen (secondary N) is 2. The number of hydrogen-bond acceptors (Lipinski definition) is 4. The molecule has 140 valence electrons. The molecule has 0 spiro atoms. The van der Waals surface area contributed by atoms with Gasteiger partial charge in [0.1, 0.15) is 0 Å². The van der Waals surface area contributed by atoms with Crippen LogP contribution in [0.5, 0.6) is 0 Å². The summed E-state index contributed by atoms with van der Waals surface area (Å²) in [7, 11) is 1.84. The lowest BCUT2D eigenvalue weighted by atomic mass is 9.98. The lowest BCUT2D eigenvalue weighted by molar-refractivity contribution is 0.0277. The first kappa shape index (κ1) is 19.9. The van der Waals surface area contributed by atoms with Crippen LogP contribution in [-0.2, 0) is 9.47 Å². The van der Waals surface area contributed by atoms with E-state index in [4.69, 9.17) is 9.47 Å². The first-order valence-corrected chi connectivity index (χ1v) is 10.7. The summed E-state index contributed by atoms with van der Waals surface area (Å²) in [4.78, 5) is 4.34. The van der Waals surface area contributed by atoms with E-state index in [0.29, 0.717) is 6.10 Å². The second kappa shape index (κ2) is 11.2. The molecule has 0 aromatic carbocycles. The summed E-state index contributed by atoms with van der Waals surface area (Å²) in [5.41, 5.74) is 0. The Kier molecular flexibility index (Phi) is 9.28. The number of guanidine groups is 1. The van der Waals surface area contributed by atoms with Gasteiger partial charge in [-0.15, -0.1) is 0 Å². The van der Waals surface area contributed by atoms with E-state index in [2.05, 4.69) is 21.9 Å². The summed E-state index contributed by atoms with van der Waals surface area (Å²) in [6, 6.07) is 0. The van der Waals surface area contributed by atoms with Crippen LogP contribution >= 0.6 is 11.8 Å². The highest BCUT2D eigenvalue weighted by Crippen LogP contribution is 2.32. The van der Waals surface area contributed by atoms with Gasteiger partial charge >= 0.3 is 0 Å². The number of thioether (sulfide) groups is 1. The van der Waals surface area contributed by atoms with Gasteiger partial charge in [0, 0.05) is 44.7 Å². The first-order chi connectivity index (χ1) is 11.8. The van der Waals surface area contributed by atoms with Crippen LogP contribution in [0.25, 0.3) is 0 Å². The van der Waals surface area contributed by atoms with E-state index in [9.17, 15) is 0 Å². The Hall–Kier alpha value is -0.460. The third-order valence-corrected chi connectivity index (χ3v) is 6.58. The maximum absolute atomic E-state index is 5.97. The molecule has 0 atom stereocenters. The molecule has 24 heavy (non-hydrogen) atoms. The predicted molar refractivity (Wildman–Crippen MR) is 103 cm³/mol. The highest BCUT2D eigenvalue weighted by molar-refractivity contribution is 8.00. The van der Waals surface area contributed by atoms with Gasteiger partial charge in [0.15, 0.2) is 5.96 Å². The van der Waals surface area contributed by atoms with E-state index in [1.807, 2.05) is 18.8 Å². The van der Waals surface area contributed by atoms with E-state index in [0.717, 1.165) is 58.1 Å². The van der Waals surface area contributed by atoms with Crippen LogP contribution in [0, 0.1) is 0 Å². The molecule has 5 nitrogen and oxygen atoms in total. The Labute approximate surface area is 151 Å². The minimum Gasteiger partial charge on any atom is -0.381 e. The fraction of sp³-hybridized carbons (Fsp3) is 0.944. The first-order valence-electron chi connectivity index (χ1n) is 9.47. The highest BCUT2D eigenvalue weighted by Gasteiger charge is 2.31. The molecule has 1 saturated carbocycles. The van der Waals surface area contributed by atoms with Crippen LogP contribution in [0.2, 0.25) is 0 Å². The smallest absolute Gasteiger partial charge is 0.191 e. The van der Waals surface area contributed by atoms with E-state index in [1.54, 1.807) is 0 Å². The van der Waals surface area contributed by atoms with E-state index >= 15 is 0 Å². The average molecular weight is 358 g/mol. The molecule has 0 amide bonds. The average Bonchev–Trinajstić information content (AvgIpc) is 2.65. The molecule has 1 aliphatic heterocycles. The summed E-state index contributed by atoms with van der Waals surface area (Å²) in [5.74, 6) is 0.896. The molecule has 2 rings (SSSR count). The Balaban J connectivity index is 1.58. The molecule has 0 unspecified atom stereocenters. The van der Waals surface area contributed by atoms with Crippen molar-refractivity contribution in [3.8, 4) is 0 Å². The van der Waals surface area contributed by atoms with Gasteiger partial charge in [0.2, 0.25) is 0 Å². The van der Waals surface area contributed by atoms with Gasteiger partial charge in [-0.1, -0.05) is 19.3 Å². The molecular formula is C18H35N3O2S. The fourth-order valence-corrected chi connectivity index (χ4v) is 4.21. The maximum atomic E-state index is 5.97. The number of hydrogen-bond donors (Lipinski definition) is 2. The van der Waals surface area contributed by atoms with Crippen molar-refractivity contribution in [3.63, 3.8) is 0 Å². The number of nitrogens with zero attached hydrogens (tertiary/aromatic N) is 1. The molecule has 0 radical (unpaired) electrons. The van der Waals surface area contributed by atoms with Crippen LogP contribution < -0.4 is 10.6 Å².